The number of nitrogens with one attached hydrogen (secondary N) is 2. The largest absolute Gasteiger partial charge is 0.497 e. The highest BCUT2D eigenvalue weighted by molar-refractivity contribution is 9.10. The Balaban J connectivity index is 2.02. The molecule has 0 saturated carbocycles. The van der Waals surface area contributed by atoms with Gasteiger partial charge in [0.25, 0.3) is 0 Å². The van der Waals surface area contributed by atoms with Gasteiger partial charge in [-0.1, -0.05) is 15.9 Å². The number of carbonyl (C=O) groups is 2. The maximum atomic E-state index is 12.1. The van der Waals surface area contributed by atoms with Gasteiger partial charge in [-0.25, -0.2) is 0 Å². The molecule has 1 saturated heterocycles. The summed E-state index contributed by atoms with van der Waals surface area (Å²) in [5, 5.41) is 5.54. The van der Waals surface area contributed by atoms with Gasteiger partial charge < -0.3 is 15.4 Å². The summed E-state index contributed by atoms with van der Waals surface area (Å²) >= 11 is 3.36. The minimum atomic E-state index is -0.178. The van der Waals surface area contributed by atoms with Gasteiger partial charge in [0.1, 0.15) is 5.75 Å². The molecule has 0 bridgehead atoms. The van der Waals surface area contributed by atoms with Crippen molar-refractivity contribution in [3.8, 4) is 5.75 Å². The Labute approximate surface area is 119 Å². The van der Waals surface area contributed by atoms with Gasteiger partial charge in [-0.2, -0.15) is 0 Å². The Kier molecular flexibility index (Phi) is 4.42. The molecule has 102 valence electrons. The number of carbonyl (C=O) groups excluding carboxylic acids is 2. The molecule has 1 fully saturated rings. The van der Waals surface area contributed by atoms with Crippen LogP contribution in [-0.4, -0.2) is 25.5 Å². The molecular formula is C13H15BrN2O3. The third-order valence-corrected chi connectivity index (χ3v) is 3.47. The predicted molar refractivity (Wildman–Crippen MR) is 75.1 cm³/mol. The highest BCUT2D eigenvalue weighted by Gasteiger charge is 2.24. The smallest absolute Gasteiger partial charge is 0.229 e. The first-order chi connectivity index (χ1) is 9.08. The zero-order valence-electron chi connectivity index (χ0n) is 10.5. The molecule has 1 aromatic carbocycles. The molecule has 1 aliphatic heterocycles. The van der Waals surface area contributed by atoms with Crippen LogP contribution in [0, 0.1) is 5.92 Å². The zero-order valence-corrected chi connectivity index (χ0v) is 12.1. The van der Waals surface area contributed by atoms with E-state index in [4.69, 9.17) is 4.74 Å². The topological polar surface area (TPSA) is 67.4 Å². The van der Waals surface area contributed by atoms with Crippen molar-refractivity contribution >= 4 is 33.4 Å². The molecule has 2 amide bonds. The molecule has 5 nitrogen and oxygen atoms in total. The number of methoxy groups -OCH3 is 1. The number of ether oxygens (including phenoxy) is 1. The Morgan fingerprint density at radius 1 is 1.47 bits per heavy atom. The lowest BCUT2D eigenvalue weighted by molar-refractivity contribution is -0.126. The second-order valence-corrected chi connectivity index (χ2v) is 5.32. The van der Waals surface area contributed by atoms with E-state index in [1.807, 2.05) is 12.1 Å². The standard InChI is InChI=1S/C13H15BrN2O3/c1-19-11-5-9(14)4-10(6-11)16-13(18)8-2-3-12(17)15-7-8/h4-6,8H,2-3,7H2,1H3,(H,15,17)(H,16,18). The third-order valence-electron chi connectivity index (χ3n) is 3.01. The molecule has 6 heteroatoms. The van der Waals surface area contributed by atoms with Crippen LogP contribution >= 0.6 is 15.9 Å². The summed E-state index contributed by atoms with van der Waals surface area (Å²) in [6, 6.07) is 5.38. The van der Waals surface area contributed by atoms with Crippen LogP contribution in [-0.2, 0) is 9.59 Å². The normalized spacial score (nSPS) is 18.6. The minimum absolute atomic E-state index is 0.00757. The van der Waals surface area contributed by atoms with Crippen LogP contribution in [0.25, 0.3) is 0 Å². The Bertz CT molecular complexity index is 495. The van der Waals surface area contributed by atoms with Crippen molar-refractivity contribution in [2.75, 3.05) is 19.0 Å². The molecule has 1 atom stereocenters. The van der Waals surface area contributed by atoms with Crippen molar-refractivity contribution < 1.29 is 14.3 Å². The summed E-state index contributed by atoms with van der Waals surface area (Å²) in [5.74, 6) is 0.414. The van der Waals surface area contributed by atoms with Gasteiger partial charge in [0.05, 0.1) is 13.0 Å². The van der Waals surface area contributed by atoms with E-state index in [1.54, 1.807) is 13.2 Å². The van der Waals surface area contributed by atoms with Crippen LogP contribution in [0.4, 0.5) is 5.69 Å². The van der Waals surface area contributed by atoms with Crippen LogP contribution in [0.3, 0.4) is 0 Å². The van der Waals surface area contributed by atoms with E-state index in [0.29, 0.717) is 30.8 Å². The van der Waals surface area contributed by atoms with Crippen molar-refractivity contribution in [2.24, 2.45) is 5.92 Å². The summed E-state index contributed by atoms with van der Waals surface area (Å²) in [6.07, 6.45) is 0.989. The van der Waals surface area contributed by atoms with Gasteiger partial charge in [-0.05, 0) is 18.6 Å². The highest BCUT2D eigenvalue weighted by Crippen LogP contribution is 2.25. The number of amides is 2. The van der Waals surface area contributed by atoms with Crippen LogP contribution < -0.4 is 15.4 Å². The van der Waals surface area contributed by atoms with Crippen molar-refractivity contribution in [1.82, 2.24) is 5.32 Å². The van der Waals surface area contributed by atoms with Crippen LogP contribution in [0.5, 0.6) is 5.75 Å². The molecule has 19 heavy (non-hydrogen) atoms. The first kappa shape index (κ1) is 13.9. The van der Waals surface area contributed by atoms with Gasteiger partial charge in [-0.3, -0.25) is 9.59 Å². The van der Waals surface area contributed by atoms with E-state index in [2.05, 4.69) is 26.6 Å². The minimum Gasteiger partial charge on any atom is -0.497 e. The number of piperidine rings is 1. The van der Waals surface area contributed by atoms with Crippen molar-refractivity contribution in [3.63, 3.8) is 0 Å². The molecule has 0 aromatic heterocycles. The predicted octanol–water partition coefficient (Wildman–Crippen LogP) is 1.92. The number of hydrogen-bond donors (Lipinski definition) is 2. The van der Waals surface area contributed by atoms with Gasteiger partial charge in [0, 0.05) is 29.2 Å². The summed E-state index contributed by atoms with van der Waals surface area (Å²) in [4.78, 5) is 23.1. The second-order valence-electron chi connectivity index (χ2n) is 4.41. The van der Waals surface area contributed by atoms with Crippen LogP contribution in [0.15, 0.2) is 22.7 Å². The molecule has 1 unspecified atom stereocenters. The number of hydrogen-bond acceptors (Lipinski definition) is 3. The van der Waals surface area contributed by atoms with E-state index in [9.17, 15) is 9.59 Å². The van der Waals surface area contributed by atoms with Gasteiger partial charge in [0.2, 0.25) is 11.8 Å². The van der Waals surface area contributed by atoms with E-state index >= 15 is 0 Å². The lowest BCUT2D eigenvalue weighted by Crippen LogP contribution is -2.40. The maximum absolute atomic E-state index is 12.1. The van der Waals surface area contributed by atoms with Crippen molar-refractivity contribution in [1.29, 1.82) is 0 Å². The molecule has 2 N–H and O–H groups in total. The van der Waals surface area contributed by atoms with E-state index < -0.39 is 0 Å². The molecule has 1 heterocycles. The first-order valence-corrected chi connectivity index (χ1v) is 6.80. The number of halogens is 1. The van der Waals surface area contributed by atoms with E-state index in [1.165, 1.54) is 0 Å². The number of benzene rings is 1. The first-order valence-electron chi connectivity index (χ1n) is 6.00. The molecule has 2 rings (SSSR count). The zero-order chi connectivity index (χ0) is 13.8. The SMILES string of the molecule is COc1cc(Br)cc(NC(=O)C2CCC(=O)NC2)c1. The van der Waals surface area contributed by atoms with Gasteiger partial charge in [0.15, 0.2) is 0 Å². The van der Waals surface area contributed by atoms with E-state index in [0.717, 1.165) is 4.47 Å². The average molecular weight is 327 g/mol. The molecule has 0 spiro atoms. The number of rotatable bonds is 3. The lowest BCUT2D eigenvalue weighted by Gasteiger charge is -2.21. The summed E-state index contributed by atoms with van der Waals surface area (Å²) in [5.41, 5.74) is 0.674. The second kappa shape index (κ2) is 6.06. The average Bonchev–Trinajstić information content (AvgIpc) is 2.38. The van der Waals surface area contributed by atoms with Crippen LogP contribution in [0.1, 0.15) is 12.8 Å². The molecule has 0 radical (unpaired) electrons. The van der Waals surface area contributed by atoms with Gasteiger partial charge in [-0.15, -0.1) is 0 Å². The fourth-order valence-electron chi connectivity index (χ4n) is 1.95. The summed E-state index contributed by atoms with van der Waals surface area (Å²) in [6.45, 7) is 0.399. The van der Waals surface area contributed by atoms with Gasteiger partial charge >= 0.3 is 0 Å². The highest BCUT2D eigenvalue weighted by atomic mass is 79.9. The molecular weight excluding hydrogens is 312 g/mol. The third kappa shape index (κ3) is 3.70. The van der Waals surface area contributed by atoms with Crippen LogP contribution in [0.2, 0.25) is 0 Å². The molecule has 1 aromatic rings. The quantitative estimate of drug-likeness (QED) is 0.891. The fourth-order valence-corrected chi connectivity index (χ4v) is 2.43. The monoisotopic (exact) mass is 326 g/mol. The maximum Gasteiger partial charge on any atom is 0.229 e. The summed E-state index contributed by atoms with van der Waals surface area (Å²) in [7, 11) is 1.57. The fraction of sp³-hybridized carbons (Fsp3) is 0.385. The Morgan fingerprint density at radius 2 is 2.26 bits per heavy atom. The van der Waals surface area contributed by atoms with E-state index in [-0.39, 0.29) is 17.7 Å². The van der Waals surface area contributed by atoms with Crippen molar-refractivity contribution in [2.45, 2.75) is 12.8 Å². The molecule has 0 aliphatic carbocycles. The Morgan fingerprint density at radius 3 is 2.89 bits per heavy atom. The van der Waals surface area contributed by atoms with Crippen molar-refractivity contribution in [3.05, 3.63) is 22.7 Å². The summed E-state index contributed by atoms with van der Waals surface area (Å²) < 4.78 is 5.97. The lowest BCUT2D eigenvalue weighted by atomic mass is 9.98. The number of anilines is 1. The Hall–Kier alpha value is -1.56. The molecule has 1 aliphatic rings.